The zero-order valence-electron chi connectivity index (χ0n) is 14.6. The molecule has 0 unspecified atom stereocenters. The van der Waals surface area contributed by atoms with Gasteiger partial charge in [-0.15, -0.1) is 0 Å². The summed E-state index contributed by atoms with van der Waals surface area (Å²) in [5, 5.41) is 14.9. The van der Waals surface area contributed by atoms with Crippen molar-refractivity contribution in [3.63, 3.8) is 0 Å². The predicted octanol–water partition coefficient (Wildman–Crippen LogP) is 3.51. The third kappa shape index (κ3) is 4.20. The van der Waals surface area contributed by atoms with Gasteiger partial charge in [-0.1, -0.05) is 23.7 Å². The molecule has 0 aromatic heterocycles. The maximum absolute atomic E-state index is 11.8. The zero-order chi connectivity index (χ0) is 19.4. The van der Waals surface area contributed by atoms with Crippen LogP contribution >= 0.6 is 11.6 Å². The molecular formula is C19H20ClN3O4. The molecule has 1 amide bonds. The monoisotopic (exact) mass is 389 g/mol. The minimum atomic E-state index is -0.714. The summed E-state index contributed by atoms with van der Waals surface area (Å²) in [6.45, 7) is 1.80. The van der Waals surface area contributed by atoms with E-state index in [1.54, 1.807) is 0 Å². The fourth-order valence-corrected chi connectivity index (χ4v) is 3.53. The van der Waals surface area contributed by atoms with Gasteiger partial charge in [0.2, 0.25) is 0 Å². The van der Waals surface area contributed by atoms with Gasteiger partial charge in [0, 0.05) is 48.0 Å². The van der Waals surface area contributed by atoms with Crippen molar-refractivity contribution in [2.75, 3.05) is 25.1 Å². The smallest absolute Gasteiger partial charge is 0.270 e. The molecule has 1 aliphatic rings. The molecule has 1 aliphatic heterocycles. The molecule has 1 fully saturated rings. The van der Waals surface area contributed by atoms with Crippen LogP contribution in [-0.4, -0.2) is 30.6 Å². The molecular weight excluding hydrogens is 370 g/mol. The number of nitrogens with one attached hydrogen (secondary N) is 1. The third-order valence-corrected chi connectivity index (χ3v) is 5.26. The molecule has 0 saturated carbocycles. The van der Waals surface area contributed by atoms with Crippen LogP contribution in [0, 0.1) is 10.1 Å². The molecule has 0 atom stereocenters. The highest BCUT2D eigenvalue weighted by atomic mass is 35.5. The molecule has 2 aromatic rings. The number of nitrogens with zero attached hydrogens (tertiary/aromatic N) is 1. The molecule has 3 rings (SSSR count). The summed E-state index contributed by atoms with van der Waals surface area (Å²) >= 11 is 6.02. The van der Waals surface area contributed by atoms with Gasteiger partial charge >= 0.3 is 0 Å². The first-order valence-electron chi connectivity index (χ1n) is 8.57. The number of anilines is 1. The van der Waals surface area contributed by atoms with E-state index in [0.717, 1.165) is 18.4 Å². The lowest BCUT2D eigenvalue weighted by molar-refractivity contribution is -0.384. The van der Waals surface area contributed by atoms with Crippen molar-refractivity contribution < 1.29 is 14.5 Å². The van der Waals surface area contributed by atoms with Gasteiger partial charge in [0.1, 0.15) is 0 Å². The maximum atomic E-state index is 11.8. The Morgan fingerprint density at radius 3 is 2.48 bits per heavy atom. The van der Waals surface area contributed by atoms with Crippen LogP contribution in [0.3, 0.4) is 0 Å². The second-order valence-electron chi connectivity index (χ2n) is 6.60. The quantitative estimate of drug-likeness (QED) is 0.580. The molecule has 7 nitrogen and oxygen atoms in total. The van der Waals surface area contributed by atoms with Crippen molar-refractivity contribution >= 4 is 28.9 Å². The Bertz CT molecular complexity index is 849. The summed E-state index contributed by atoms with van der Waals surface area (Å²) in [4.78, 5) is 22.2. The number of non-ortho nitro benzene ring substituents is 1. The molecule has 142 valence electrons. The second kappa shape index (κ2) is 7.94. The normalized spacial score (nSPS) is 15.9. The van der Waals surface area contributed by atoms with E-state index >= 15 is 0 Å². The maximum Gasteiger partial charge on any atom is 0.270 e. The van der Waals surface area contributed by atoms with Crippen molar-refractivity contribution in [1.82, 2.24) is 0 Å². The number of nitro benzene ring substituents is 1. The predicted molar refractivity (Wildman–Crippen MR) is 103 cm³/mol. The van der Waals surface area contributed by atoms with E-state index in [4.69, 9.17) is 22.1 Å². The standard InChI is InChI=1S/C19H20ClN3O4/c20-14-3-1-13(2-4-14)19(7-9-27-10-8-19)12-22-17-6-5-15(23(25)26)11-16(17)18(21)24/h1-6,11,22H,7-10,12H2,(H2,21,24). The number of primary amides is 1. The van der Waals surface area contributed by atoms with E-state index in [1.165, 1.54) is 18.2 Å². The number of halogens is 1. The minimum Gasteiger partial charge on any atom is -0.383 e. The molecule has 0 aliphatic carbocycles. The van der Waals surface area contributed by atoms with Gasteiger partial charge in [-0.2, -0.15) is 0 Å². The number of nitro groups is 1. The molecule has 0 radical (unpaired) electrons. The van der Waals surface area contributed by atoms with Crippen LogP contribution < -0.4 is 11.1 Å². The summed E-state index contributed by atoms with van der Waals surface area (Å²) in [6, 6.07) is 11.8. The average molecular weight is 390 g/mol. The van der Waals surface area contributed by atoms with Gasteiger partial charge in [-0.3, -0.25) is 14.9 Å². The highest BCUT2D eigenvalue weighted by molar-refractivity contribution is 6.30. The molecule has 1 saturated heterocycles. The van der Waals surface area contributed by atoms with Crippen molar-refractivity contribution in [3.8, 4) is 0 Å². The average Bonchev–Trinajstić information content (AvgIpc) is 2.67. The van der Waals surface area contributed by atoms with E-state index in [-0.39, 0.29) is 16.7 Å². The van der Waals surface area contributed by atoms with Gasteiger partial charge in [-0.05, 0) is 36.6 Å². The van der Waals surface area contributed by atoms with Gasteiger partial charge in [-0.25, -0.2) is 0 Å². The summed E-state index contributed by atoms with van der Waals surface area (Å²) < 4.78 is 5.52. The molecule has 0 bridgehead atoms. The number of carbonyl (C=O) groups excluding carboxylic acids is 1. The Labute approximate surface area is 161 Å². The lowest BCUT2D eigenvalue weighted by atomic mass is 9.74. The van der Waals surface area contributed by atoms with E-state index < -0.39 is 10.8 Å². The van der Waals surface area contributed by atoms with Gasteiger partial charge < -0.3 is 15.8 Å². The summed E-state index contributed by atoms with van der Waals surface area (Å²) in [6.07, 6.45) is 1.61. The van der Waals surface area contributed by atoms with E-state index in [1.807, 2.05) is 24.3 Å². The first-order chi connectivity index (χ1) is 12.9. The van der Waals surface area contributed by atoms with Crippen molar-refractivity contribution in [2.45, 2.75) is 18.3 Å². The number of carbonyl (C=O) groups is 1. The highest BCUT2D eigenvalue weighted by Crippen LogP contribution is 2.36. The van der Waals surface area contributed by atoms with Crippen molar-refractivity contribution in [2.24, 2.45) is 5.73 Å². The molecule has 8 heteroatoms. The van der Waals surface area contributed by atoms with Gasteiger partial charge in [0.05, 0.1) is 10.5 Å². The number of hydrogen-bond donors (Lipinski definition) is 2. The fraction of sp³-hybridized carbons (Fsp3) is 0.316. The molecule has 3 N–H and O–H groups in total. The van der Waals surface area contributed by atoms with E-state index in [2.05, 4.69) is 5.32 Å². The van der Waals surface area contributed by atoms with Crippen LogP contribution in [-0.2, 0) is 10.2 Å². The van der Waals surface area contributed by atoms with Crippen molar-refractivity contribution in [1.29, 1.82) is 0 Å². The topological polar surface area (TPSA) is 107 Å². The third-order valence-electron chi connectivity index (χ3n) is 5.00. The SMILES string of the molecule is NC(=O)c1cc([N+](=O)[O-])ccc1NCC1(c2ccc(Cl)cc2)CCOCC1. The molecule has 1 heterocycles. The van der Waals surface area contributed by atoms with E-state index in [0.29, 0.717) is 30.5 Å². The van der Waals surface area contributed by atoms with Crippen LogP contribution in [0.5, 0.6) is 0 Å². The summed E-state index contributed by atoms with van der Waals surface area (Å²) in [7, 11) is 0. The number of benzene rings is 2. The Morgan fingerprint density at radius 1 is 1.22 bits per heavy atom. The van der Waals surface area contributed by atoms with E-state index in [9.17, 15) is 14.9 Å². The number of amides is 1. The lowest BCUT2D eigenvalue weighted by Crippen LogP contribution is -2.40. The summed E-state index contributed by atoms with van der Waals surface area (Å²) in [5.41, 5.74) is 6.76. The van der Waals surface area contributed by atoms with Gasteiger partial charge in [0.25, 0.3) is 11.6 Å². The fourth-order valence-electron chi connectivity index (χ4n) is 3.40. The van der Waals surface area contributed by atoms with Gasteiger partial charge in [0.15, 0.2) is 0 Å². The first kappa shape index (κ1) is 19.1. The second-order valence-corrected chi connectivity index (χ2v) is 7.04. The lowest BCUT2D eigenvalue weighted by Gasteiger charge is -2.38. The summed E-state index contributed by atoms with van der Waals surface area (Å²) in [5.74, 6) is -0.714. The first-order valence-corrected chi connectivity index (χ1v) is 8.95. The Hall–Kier alpha value is -2.64. The van der Waals surface area contributed by atoms with Crippen LogP contribution in [0.4, 0.5) is 11.4 Å². The number of nitrogens with two attached hydrogens (primary N) is 1. The number of rotatable bonds is 6. The van der Waals surface area contributed by atoms with Crippen molar-refractivity contribution in [3.05, 3.63) is 68.7 Å². The van der Waals surface area contributed by atoms with Crippen LogP contribution in [0.2, 0.25) is 5.02 Å². The molecule has 27 heavy (non-hydrogen) atoms. The number of ether oxygens (including phenoxy) is 1. The largest absolute Gasteiger partial charge is 0.383 e. The Kier molecular flexibility index (Phi) is 5.62. The van der Waals surface area contributed by atoms with Crippen LogP contribution in [0.1, 0.15) is 28.8 Å². The number of hydrogen-bond acceptors (Lipinski definition) is 5. The molecule has 0 spiro atoms. The minimum absolute atomic E-state index is 0.0996. The zero-order valence-corrected chi connectivity index (χ0v) is 15.4. The van der Waals surface area contributed by atoms with Crippen LogP contribution in [0.15, 0.2) is 42.5 Å². The van der Waals surface area contributed by atoms with Crippen LogP contribution in [0.25, 0.3) is 0 Å². The Balaban J connectivity index is 1.89. The molecule has 2 aromatic carbocycles. The Morgan fingerprint density at radius 2 is 1.89 bits per heavy atom. The highest BCUT2D eigenvalue weighted by Gasteiger charge is 2.34.